The van der Waals surface area contributed by atoms with E-state index in [1.54, 1.807) is 6.92 Å². The van der Waals surface area contributed by atoms with E-state index in [0.29, 0.717) is 6.42 Å². The summed E-state index contributed by atoms with van der Waals surface area (Å²) in [5, 5.41) is 3.90. The summed E-state index contributed by atoms with van der Waals surface area (Å²) < 4.78 is 6.22. The molecule has 17 heavy (non-hydrogen) atoms. The molecule has 1 heterocycles. The molecule has 1 rings (SSSR count). The van der Waals surface area contributed by atoms with Crippen molar-refractivity contribution < 1.29 is 14.3 Å². The van der Waals surface area contributed by atoms with Crippen molar-refractivity contribution in [1.29, 1.82) is 0 Å². The van der Waals surface area contributed by atoms with Crippen LogP contribution in [0.25, 0.3) is 0 Å². The Morgan fingerprint density at radius 3 is 2.59 bits per heavy atom. The Hall–Kier alpha value is -2.05. The van der Waals surface area contributed by atoms with Gasteiger partial charge >= 0.3 is 5.97 Å². The normalized spacial score (nSPS) is 12.1. The Morgan fingerprint density at radius 2 is 2.18 bits per heavy atom. The van der Waals surface area contributed by atoms with Crippen molar-refractivity contribution in [2.45, 2.75) is 26.3 Å². The topological polar surface area (TPSA) is 113 Å². The number of amides is 1. The van der Waals surface area contributed by atoms with Crippen LogP contribution in [0, 0.1) is 0 Å². The number of ether oxygens (including phenoxy) is 1. The molecule has 0 saturated heterocycles. The molecule has 7 heteroatoms. The van der Waals surface area contributed by atoms with Gasteiger partial charge in [-0.25, -0.2) is 4.79 Å². The first-order chi connectivity index (χ1) is 8.01. The molecular formula is C10H16N4O3. The first-order valence-electron chi connectivity index (χ1n) is 5.32. The maximum atomic E-state index is 11.6. The number of nitrogens with zero attached hydrogens (tertiary/aromatic N) is 2. The lowest BCUT2D eigenvalue weighted by molar-refractivity contribution is -0.147. The molecule has 0 aliphatic heterocycles. The Bertz CT molecular complexity index is 427. The molecule has 0 aliphatic carbocycles. The molecule has 1 unspecified atom stereocenters. The second-order valence-corrected chi connectivity index (χ2v) is 3.45. The van der Waals surface area contributed by atoms with Crippen LogP contribution in [0.5, 0.6) is 0 Å². The number of hydrogen-bond donors (Lipinski definition) is 2. The Labute approximate surface area is 98.7 Å². The zero-order valence-corrected chi connectivity index (χ0v) is 9.84. The van der Waals surface area contributed by atoms with Gasteiger partial charge in [-0.05, 0) is 13.3 Å². The van der Waals surface area contributed by atoms with E-state index < -0.39 is 17.9 Å². The van der Waals surface area contributed by atoms with Crippen molar-refractivity contribution in [2.75, 3.05) is 12.3 Å². The molecule has 1 amide bonds. The summed E-state index contributed by atoms with van der Waals surface area (Å²) in [6.45, 7) is 3.81. The number of anilines is 1. The largest absolute Gasteiger partial charge is 0.464 e. The van der Waals surface area contributed by atoms with Gasteiger partial charge in [0.15, 0.2) is 5.69 Å². The minimum absolute atomic E-state index is 0.0345. The van der Waals surface area contributed by atoms with Gasteiger partial charge in [-0.1, -0.05) is 6.92 Å². The van der Waals surface area contributed by atoms with E-state index in [9.17, 15) is 9.59 Å². The molecule has 0 fully saturated rings. The zero-order valence-electron chi connectivity index (χ0n) is 9.84. The molecule has 1 aromatic rings. The van der Waals surface area contributed by atoms with E-state index in [-0.39, 0.29) is 18.0 Å². The smallest absolute Gasteiger partial charge is 0.330 e. The number of primary amides is 1. The molecule has 94 valence electrons. The fourth-order valence-corrected chi connectivity index (χ4v) is 1.46. The number of rotatable bonds is 5. The highest BCUT2D eigenvalue weighted by molar-refractivity contribution is 5.95. The average Bonchev–Trinajstić information content (AvgIpc) is 2.62. The van der Waals surface area contributed by atoms with Crippen molar-refractivity contribution in [1.82, 2.24) is 9.78 Å². The number of aromatic nitrogens is 2. The van der Waals surface area contributed by atoms with Crippen LogP contribution in [0.3, 0.4) is 0 Å². The molecule has 0 aromatic carbocycles. The van der Waals surface area contributed by atoms with Crippen LogP contribution in [0.1, 0.15) is 36.8 Å². The van der Waals surface area contributed by atoms with Crippen LogP contribution in [0.2, 0.25) is 0 Å². The lowest BCUT2D eigenvalue weighted by Gasteiger charge is -2.13. The number of nitrogens with two attached hydrogens (primary N) is 2. The highest BCUT2D eigenvalue weighted by Crippen LogP contribution is 2.17. The van der Waals surface area contributed by atoms with Crippen molar-refractivity contribution >= 4 is 17.6 Å². The van der Waals surface area contributed by atoms with Gasteiger partial charge in [0.25, 0.3) is 5.91 Å². The van der Waals surface area contributed by atoms with Gasteiger partial charge in [0, 0.05) is 6.20 Å². The summed E-state index contributed by atoms with van der Waals surface area (Å²) in [5.74, 6) is -1.13. The van der Waals surface area contributed by atoms with Crippen LogP contribution in [0.15, 0.2) is 6.20 Å². The first-order valence-corrected chi connectivity index (χ1v) is 5.32. The quantitative estimate of drug-likeness (QED) is 0.707. The maximum absolute atomic E-state index is 11.6. The fraction of sp³-hybridized carbons (Fsp3) is 0.500. The summed E-state index contributed by atoms with van der Waals surface area (Å²) in [5.41, 5.74) is 10.8. The number of hydrogen-bond acceptors (Lipinski definition) is 5. The maximum Gasteiger partial charge on any atom is 0.330 e. The van der Waals surface area contributed by atoms with E-state index in [0.717, 1.165) is 0 Å². The lowest BCUT2D eigenvalue weighted by atomic mass is 10.2. The Kier molecular flexibility index (Phi) is 4.08. The zero-order chi connectivity index (χ0) is 13.0. The molecule has 0 bridgehead atoms. The summed E-state index contributed by atoms with van der Waals surface area (Å²) in [6, 6.07) is -0.592. The van der Waals surface area contributed by atoms with Crippen molar-refractivity contribution in [3.05, 3.63) is 11.9 Å². The van der Waals surface area contributed by atoms with Crippen molar-refractivity contribution in [2.24, 2.45) is 5.73 Å². The molecule has 0 saturated carbocycles. The number of carbonyl (C=O) groups is 2. The molecule has 4 N–H and O–H groups in total. The average molecular weight is 240 g/mol. The Morgan fingerprint density at radius 1 is 1.53 bits per heavy atom. The number of esters is 1. The van der Waals surface area contributed by atoms with Crippen molar-refractivity contribution in [3.8, 4) is 0 Å². The molecule has 0 aliphatic rings. The standard InChI is InChI=1S/C10H16N4O3/c1-3-7(10(16)17-4-2)14-5-6(11)8(13-14)9(12)15/h5,7H,3-4,11H2,1-2H3,(H2,12,15). The van der Waals surface area contributed by atoms with Gasteiger partial charge in [0.1, 0.15) is 6.04 Å². The molecule has 1 aromatic heterocycles. The first kappa shape index (κ1) is 13.0. The van der Waals surface area contributed by atoms with E-state index in [1.807, 2.05) is 6.92 Å². The fourth-order valence-electron chi connectivity index (χ4n) is 1.46. The van der Waals surface area contributed by atoms with Crippen LogP contribution < -0.4 is 11.5 Å². The third-order valence-electron chi connectivity index (χ3n) is 2.26. The Balaban J connectivity index is 3.00. The summed E-state index contributed by atoms with van der Waals surface area (Å²) >= 11 is 0. The third-order valence-corrected chi connectivity index (χ3v) is 2.26. The predicted molar refractivity (Wildman–Crippen MR) is 61.1 cm³/mol. The SMILES string of the molecule is CCOC(=O)C(CC)n1cc(N)c(C(N)=O)n1. The highest BCUT2D eigenvalue weighted by Gasteiger charge is 2.23. The summed E-state index contributed by atoms with van der Waals surface area (Å²) in [6.07, 6.45) is 1.89. The molecule has 0 radical (unpaired) electrons. The molecule has 1 atom stereocenters. The van der Waals surface area contributed by atoms with Crippen LogP contribution in [-0.4, -0.2) is 28.3 Å². The van der Waals surface area contributed by atoms with Gasteiger partial charge in [-0.3, -0.25) is 9.48 Å². The predicted octanol–water partition coefficient (Wildman–Crippen LogP) is 0.0784. The minimum Gasteiger partial charge on any atom is -0.464 e. The second-order valence-electron chi connectivity index (χ2n) is 3.45. The van der Waals surface area contributed by atoms with Gasteiger partial charge in [0.2, 0.25) is 0 Å². The van der Waals surface area contributed by atoms with Crippen LogP contribution in [0.4, 0.5) is 5.69 Å². The molecule has 7 nitrogen and oxygen atoms in total. The van der Waals surface area contributed by atoms with Gasteiger partial charge in [-0.15, -0.1) is 0 Å². The van der Waals surface area contributed by atoms with Gasteiger partial charge < -0.3 is 16.2 Å². The molecular weight excluding hydrogens is 224 g/mol. The van der Waals surface area contributed by atoms with Crippen LogP contribution >= 0.6 is 0 Å². The van der Waals surface area contributed by atoms with Crippen molar-refractivity contribution in [3.63, 3.8) is 0 Å². The monoisotopic (exact) mass is 240 g/mol. The number of nitrogen functional groups attached to an aromatic ring is 1. The van der Waals surface area contributed by atoms with Crippen LogP contribution in [-0.2, 0) is 9.53 Å². The van der Waals surface area contributed by atoms with Gasteiger partial charge in [0.05, 0.1) is 12.3 Å². The lowest BCUT2D eigenvalue weighted by Crippen LogP contribution is -2.22. The second kappa shape index (κ2) is 5.33. The van der Waals surface area contributed by atoms with E-state index in [1.165, 1.54) is 10.9 Å². The van der Waals surface area contributed by atoms with E-state index in [4.69, 9.17) is 16.2 Å². The highest BCUT2D eigenvalue weighted by atomic mass is 16.5. The summed E-state index contributed by atoms with van der Waals surface area (Å²) in [7, 11) is 0. The van der Waals surface area contributed by atoms with E-state index in [2.05, 4.69) is 5.10 Å². The summed E-state index contributed by atoms with van der Waals surface area (Å²) in [4.78, 5) is 22.6. The van der Waals surface area contributed by atoms with Gasteiger partial charge in [-0.2, -0.15) is 5.10 Å². The third kappa shape index (κ3) is 2.74. The molecule has 0 spiro atoms. The minimum atomic E-state index is -0.722. The number of carbonyl (C=O) groups excluding carboxylic acids is 2. The van der Waals surface area contributed by atoms with E-state index >= 15 is 0 Å².